The van der Waals surface area contributed by atoms with Crippen molar-refractivity contribution in [2.24, 2.45) is 5.92 Å². The summed E-state index contributed by atoms with van der Waals surface area (Å²) in [5.41, 5.74) is 2.32. The van der Waals surface area contributed by atoms with E-state index >= 15 is 0 Å². The zero-order valence-electron chi connectivity index (χ0n) is 12.8. The van der Waals surface area contributed by atoms with Gasteiger partial charge >= 0.3 is 0 Å². The molecular weight excluding hydrogens is 251 g/mol. The molecular formula is C17H27FN2. The van der Waals surface area contributed by atoms with Gasteiger partial charge in [-0.2, -0.15) is 0 Å². The van der Waals surface area contributed by atoms with Gasteiger partial charge in [-0.1, -0.05) is 13.0 Å². The van der Waals surface area contributed by atoms with E-state index in [-0.39, 0.29) is 5.82 Å². The molecule has 0 saturated carbocycles. The number of hydrogen-bond acceptors (Lipinski definition) is 2. The van der Waals surface area contributed by atoms with Gasteiger partial charge < -0.3 is 5.32 Å². The first-order valence-electron chi connectivity index (χ1n) is 7.87. The molecule has 1 aromatic rings. The summed E-state index contributed by atoms with van der Waals surface area (Å²) >= 11 is 0. The van der Waals surface area contributed by atoms with Crippen molar-refractivity contribution in [3.63, 3.8) is 0 Å². The zero-order valence-corrected chi connectivity index (χ0v) is 12.8. The van der Waals surface area contributed by atoms with Crippen LogP contribution in [0, 0.1) is 18.7 Å². The lowest BCUT2D eigenvalue weighted by molar-refractivity contribution is 0.175. The Hall–Kier alpha value is -0.930. The summed E-state index contributed by atoms with van der Waals surface area (Å²) in [6.07, 6.45) is 3.76. The van der Waals surface area contributed by atoms with Crippen molar-refractivity contribution in [3.8, 4) is 0 Å². The average Bonchev–Trinajstić information content (AvgIpc) is 2.44. The fourth-order valence-corrected chi connectivity index (χ4v) is 2.91. The van der Waals surface area contributed by atoms with Crippen LogP contribution >= 0.6 is 0 Å². The molecule has 1 N–H and O–H groups in total. The molecule has 112 valence electrons. The monoisotopic (exact) mass is 278 g/mol. The van der Waals surface area contributed by atoms with Gasteiger partial charge in [-0.25, -0.2) is 4.39 Å². The normalized spacial score (nSPS) is 17.6. The van der Waals surface area contributed by atoms with E-state index in [0.29, 0.717) is 0 Å². The molecule has 0 amide bonds. The van der Waals surface area contributed by atoms with Gasteiger partial charge in [-0.3, -0.25) is 4.90 Å². The molecule has 2 rings (SSSR count). The number of benzene rings is 1. The maximum atomic E-state index is 13.1. The van der Waals surface area contributed by atoms with Gasteiger partial charge in [0.25, 0.3) is 0 Å². The fraction of sp³-hybridized carbons (Fsp3) is 0.647. The largest absolute Gasteiger partial charge is 0.316 e. The van der Waals surface area contributed by atoms with Crippen LogP contribution in [0.3, 0.4) is 0 Å². The second-order valence-electron chi connectivity index (χ2n) is 5.99. The molecule has 0 unspecified atom stereocenters. The summed E-state index contributed by atoms with van der Waals surface area (Å²) < 4.78 is 13.1. The molecule has 20 heavy (non-hydrogen) atoms. The third kappa shape index (κ3) is 4.57. The van der Waals surface area contributed by atoms with Gasteiger partial charge in [-0.05, 0) is 81.5 Å². The number of hydrogen-bond donors (Lipinski definition) is 1. The molecule has 1 aliphatic heterocycles. The van der Waals surface area contributed by atoms with E-state index < -0.39 is 0 Å². The number of likely N-dealkylation sites (tertiary alicyclic amines) is 1. The quantitative estimate of drug-likeness (QED) is 0.803. The molecule has 0 aromatic heterocycles. The molecule has 0 radical (unpaired) electrons. The minimum Gasteiger partial charge on any atom is -0.316 e. The molecule has 1 saturated heterocycles. The highest BCUT2D eigenvalue weighted by Crippen LogP contribution is 2.20. The van der Waals surface area contributed by atoms with Gasteiger partial charge in [0, 0.05) is 6.54 Å². The second-order valence-corrected chi connectivity index (χ2v) is 5.99. The maximum absolute atomic E-state index is 13.1. The SMILES string of the molecule is CCCNCC1CCN(Cc2ccc(F)cc2C)CC1. The van der Waals surface area contributed by atoms with Crippen molar-refractivity contribution in [2.75, 3.05) is 26.2 Å². The second kappa shape index (κ2) is 7.75. The van der Waals surface area contributed by atoms with Crippen LogP contribution in [0.5, 0.6) is 0 Å². The van der Waals surface area contributed by atoms with E-state index in [1.54, 1.807) is 12.1 Å². The van der Waals surface area contributed by atoms with Crippen LogP contribution in [0.2, 0.25) is 0 Å². The lowest BCUT2D eigenvalue weighted by atomic mass is 9.96. The molecule has 1 aromatic carbocycles. The fourth-order valence-electron chi connectivity index (χ4n) is 2.91. The number of nitrogens with zero attached hydrogens (tertiary/aromatic N) is 1. The molecule has 3 heteroatoms. The van der Waals surface area contributed by atoms with E-state index in [4.69, 9.17) is 0 Å². The number of rotatable bonds is 6. The Morgan fingerprint density at radius 2 is 2.05 bits per heavy atom. The Morgan fingerprint density at radius 3 is 2.70 bits per heavy atom. The third-order valence-corrected chi connectivity index (χ3v) is 4.27. The third-order valence-electron chi connectivity index (χ3n) is 4.27. The lowest BCUT2D eigenvalue weighted by Crippen LogP contribution is -2.37. The molecule has 1 fully saturated rings. The highest BCUT2D eigenvalue weighted by atomic mass is 19.1. The Bertz CT molecular complexity index is 411. The maximum Gasteiger partial charge on any atom is 0.123 e. The number of aryl methyl sites for hydroxylation is 1. The van der Waals surface area contributed by atoms with E-state index in [1.165, 1.54) is 24.8 Å². The predicted octanol–water partition coefficient (Wildman–Crippen LogP) is 3.35. The van der Waals surface area contributed by atoms with Crippen LogP contribution in [0.15, 0.2) is 18.2 Å². The van der Waals surface area contributed by atoms with Crippen LogP contribution < -0.4 is 5.32 Å². The Labute approximate surface area is 122 Å². The van der Waals surface area contributed by atoms with E-state index in [0.717, 1.165) is 44.2 Å². The Balaban J connectivity index is 1.76. The van der Waals surface area contributed by atoms with Crippen LogP contribution in [0.1, 0.15) is 37.3 Å². The summed E-state index contributed by atoms with van der Waals surface area (Å²) in [5, 5.41) is 3.52. The highest BCUT2D eigenvalue weighted by Gasteiger charge is 2.19. The molecule has 0 bridgehead atoms. The van der Waals surface area contributed by atoms with Gasteiger partial charge in [-0.15, -0.1) is 0 Å². The predicted molar refractivity (Wildman–Crippen MR) is 82.3 cm³/mol. The standard InChI is InChI=1S/C17H27FN2/c1-3-8-19-12-15-6-9-20(10-7-15)13-16-4-5-17(18)11-14(16)2/h4-5,11,15,19H,3,6-10,12-13H2,1-2H3. The zero-order chi connectivity index (χ0) is 14.4. The van der Waals surface area contributed by atoms with E-state index in [9.17, 15) is 4.39 Å². The molecule has 0 spiro atoms. The van der Waals surface area contributed by atoms with Crippen LogP contribution in [0.25, 0.3) is 0 Å². The summed E-state index contributed by atoms with van der Waals surface area (Å²) in [6.45, 7) is 9.79. The van der Waals surface area contributed by atoms with Crippen molar-refractivity contribution in [2.45, 2.75) is 39.7 Å². The molecule has 0 aliphatic carbocycles. The number of piperidine rings is 1. The summed E-state index contributed by atoms with van der Waals surface area (Å²) in [4.78, 5) is 2.50. The van der Waals surface area contributed by atoms with Gasteiger partial charge in [0.05, 0.1) is 0 Å². The minimum absolute atomic E-state index is 0.132. The summed E-state index contributed by atoms with van der Waals surface area (Å²) in [5.74, 6) is 0.694. The van der Waals surface area contributed by atoms with Gasteiger partial charge in [0.15, 0.2) is 0 Å². The summed E-state index contributed by atoms with van der Waals surface area (Å²) in [7, 11) is 0. The number of nitrogens with one attached hydrogen (secondary N) is 1. The summed E-state index contributed by atoms with van der Waals surface area (Å²) in [6, 6.07) is 5.14. The van der Waals surface area contributed by atoms with Crippen molar-refractivity contribution in [1.82, 2.24) is 10.2 Å². The smallest absolute Gasteiger partial charge is 0.123 e. The van der Waals surface area contributed by atoms with Crippen molar-refractivity contribution < 1.29 is 4.39 Å². The first kappa shape index (κ1) is 15.5. The highest BCUT2D eigenvalue weighted by molar-refractivity contribution is 5.26. The molecule has 0 atom stereocenters. The van der Waals surface area contributed by atoms with Crippen LogP contribution in [-0.2, 0) is 6.54 Å². The topological polar surface area (TPSA) is 15.3 Å². The molecule has 1 heterocycles. The van der Waals surface area contributed by atoms with E-state index in [1.807, 2.05) is 13.0 Å². The Kier molecular flexibility index (Phi) is 5.99. The number of halogens is 1. The lowest BCUT2D eigenvalue weighted by Gasteiger charge is -2.32. The average molecular weight is 278 g/mol. The first-order chi connectivity index (χ1) is 9.69. The minimum atomic E-state index is -0.132. The van der Waals surface area contributed by atoms with Crippen molar-refractivity contribution in [1.29, 1.82) is 0 Å². The van der Waals surface area contributed by atoms with Crippen molar-refractivity contribution >= 4 is 0 Å². The molecule has 1 aliphatic rings. The van der Waals surface area contributed by atoms with E-state index in [2.05, 4.69) is 17.1 Å². The van der Waals surface area contributed by atoms with Crippen molar-refractivity contribution in [3.05, 3.63) is 35.1 Å². The van der Waals surface area contributed by atoms with Crippen LogP contribution in [0.4, 0.5) is 4.39 Å². The van der Waals surface area contributed by atoms with Gasteiger partial charge in [0.2, 0.25) is 0 Å². The van der Waals surface area contributed by atoms with Crippen LogP contribution in [-0.4, -0.2) is 31.1 Å². The first-order valence-corrected chi connectivity index (χ1v) is 7.87. The Morgan fingerprint density at radius 1 is 1.30 bits per heavy atom. The van der Waals surface area contributed by atoms with Gasteiger partial charge in [0.1, 0.15) is 5.82 Å². The molecule has 2 nitrogen and oxygen atoms in total.